The zero-order valence-corrected chi connectivity index (χ0v) is 16.2. The smallest absolute Gasteiger partial charge is 0.190 e. The molecule has 27 heavy (non-hydrogen) atoms. The maximum Gasteiger partial charge on any atom is 0.190 e. The van der Waals surface area contributed by atoms with E-state index in [1.54, 1.807) is 13.0 Å². The fourth-order valence-electron chi connectivity index (χ4n) is 6.20. The summed E-state index contributed by atoms with van der Waals surface area (Å²) in [4.78, 5) is 22.8. The number of hydrogen-bond donors (Lipinski definition) is 2. The fourth-order valence-corrected chi connectivity index (χ4v) is 6.68. The van der Waals surface area contributed by atoms with E-state index in [0.717, 1.165) is 0 Å². The van der Waals surface area contributed by atoms with E-state index in [-0.39, 0.29) is 24.5 Å². The topological polar surface area (TPSA) is 74.6 Å². The van der Waals surface area contributed by atoms with Crippen LogP contribution in [0.15, 0.2) is 36.0 Å². The fraction of sp³-hybridized carbons (Fsp3) is 0.619. The largest absolute Gasteiger partial charge is 0.388 e. The third-order valence-electron chi connectivity index (χ3n) is 7.92. The first-order valence-electron chi connectivity index (χ1n) is 9.38. The van der Waals surface area contributed by atoms with Crippen molar-refractivity contribution in [2.45, 2.75) is 49.8 Å². The summed E-state index contributed by atoms with van der Waals surface area (Å²) in [5.41, 5.74) is -2.93. The van der Waals surface area contributed by atoms with Crippen LogP contribution < -0.4 is 0 Å². The summed E-state index contributed by atoms with van der Waals surface area (Å²) in [5.74, 6) is -1.42. The van der Waals surface area contributed by atoms with E-state index in [1.807, 2.05) is 19.1 Å². The lowest BCUT2D eigenvalue weighted by atomic mass is 9.47. The second kappa shape index (κ2) is 5.62. The number of fused-ring (bicyclic) bond motifs is 5. The van der Waals surface area contributed by atoms with E-state index in [0.29, 0.717) is 12.0 Å². The summed E-state index contributed by atoms with van der Waals surface area (Å²) < 4.78 is 15.8. The van der Waals surface area contributed by atoms with Gasteiger partial charge >= 0.3 is 0 Å². The normalized spacial score (nSPS) is 50.7. The summed E-state index contributed by atoms with van der Waals surface area (Å²) in [7, 11) is 0. The Hall–Kier alpha value is -1.30. The van der Waals surface area contributed by atoms with Crippen LogP contribution in [0.2, 0.25) is 0 Å². The highest BCUT2D eigenvalue weighted by atomic mass is 35.5. The first-order chi connectivity index (χ1) is 12.5. The van der Waals surface area contributed by atoms with Crippen molar-refractivity contribution in [3.8, 4) is 0 Å². The highest BCUT2D eigenvalue weighted by Gasteiger charge is 2.72. The minimum atomic E-state index is -1.75. The second-order valence-corrected chi connectivity index (χ2v) is 9.49. The number of aliphatic hydroxyl groups is 2. The van der Waals surface area contributed by atoms with Crippen molar-refractivity contribution < 1.29 is 24.2 Å². The monoisotopic (exact) mass is 394 g/mol. The third kappa shape index (κ3) is 2.05. The van der Waals surface area contributed by atoms with Gasteiger partial charge in [-0.1, -0.05) is 32.1 Å². The van der Waals surface area contributed by atoms with Crippen LogP contribution >= 0.6 is 11.6 Å². The van der Waals surface area contributed by atoms with Gasteiger partial charge in [0, 0.05) is 16.7 Å². The van der Waals surface area contributed by atoms with Crippen LogP contribution in [0.25, 0.3) is 0 Å². The van der Waals surface area contributed by atoms with Crippen molar-refractivity contribution >= 4 is 23.2 Å². The van der Waals surface area contributed by atoms with E-state index in [4.69, 9.17) is 11.6 Å². The highest BCUT2D eigenvalue weighted by Crippen LogP contribution is 2.69. The van der Waals surface area contributed by atoms with Crippen LogP contribution in [0.4, 0.5) is 4.39 Å². The van der Waals surface area contributed by atoms with Gasteiger partial charge in [-0.05, 0) is 42.9 Å². The van der Waals surface area contributed by atoms with Gasteiger partial charge in [0.05, 0.1) is 4.87 Å². The molecule has 0 heterocycles. The number of allylic oxidation sites excluding steroid dienone is 6. The maximum absolute atomic E-state index is 15.8. The molecule has 0 aliphatic heterocycles. The predicted molar refractivity (Wildman–Crippen MR) is 98.9 cm³/mol. The molecule has 0 aromatic heterocycles. The molecule has 4 rings (SSSR count). The van der Waals surface area contributed by atoms with Gasteiger partial charge in [-0.2, -0.15) is 0 Å². The number of ketones is 2. The standard InChI is InChI=1S/C21H24ClFO4/c1-18-7-5-13(25)9-12(18)3-4-15-14-6-8-20(27,17(26)11-24)19(14,2)10-16(23)21(15,18)22/h3-5,7,9,14-16,24,27H,6,8,10-11H2,1-2H3/t14-,15-,16-,18-,19-,20-,21-/m0/s1. The average molecular weight is 395 g/mol. The second-order valence-electron chi connectivity index (χ2n) is 8.87. The number of halogens is 2. The molecule has 0 aromatic rings. The van der Waals surface area contributed by atoms with Crippen molar-refractivity contribution in [3.05, 3.63) is 36.0 Å². The number of aliphatic hydroxyl groups excluding tert-OH is 1. The Balaban J connectivity index is 1.86. The summed E-state index contributed by atoms with van der Waals surface area (Å²) in [6.07, 6.45) is 7.44. The Bertz CT molecular complexity index is 819. The van der Waals surface area contributed by atoms with Crippen molar-refractivity contribution in [1.29, 1.82) is 0 Å². The van der Waals surface area contributed by atoms with Crippen LogP contribution in [-0.2, 0) is 9.59 Å². The minimum absolute atomic E-state index is 0.0710. The number of hydrogen-bond acceptors (Lipinski definition) is 4. The molecule has 6 heteroatoms. The number of Topliss-reactive ketones (excluding diaryl/α,β-unsaturated/α-hetero) is 1. The molecule has 0 unspecified atom stereocenters. The van der Waals surface area contributed by atoms with Crippen molar-refractivity contribution in [2.24, 2.45) is 22.7 Å². The molecule has 0 bridgehead atoms. The van der Waals surface area contributed by atoms with Gasteiger partial charge < -0.3 is 10.2 Å². The third-order valence-corrected chi connectivity index (χ3v) is 8.80. The molecular formula is C21H24ClFO4. The van der Waals surface area contributed by atoms with Crippen LogP contribution in [0, 0.1) is 22.7 Å². The predicted octanol–water partition coefficient (Wildman–Crippen LogP) is 2.67. The molecule has 2 saturated carbocycles. The first-order valence-corrected chi connectivity index (χ1v) is 9.75. The van der Waals surface area contributed by atoms with Crippen LogP contribution in [0.3, 0.4) is 0 Å². The Morgan fingerprint density at radius 1 is 1.37 bits per heavy atom. The van der Waals surface area contributed by atoms with Crippen molar-refractivity contribution in [1.82, 2.24) is 0 Å². The molecule has 4 aliphatic carbocycles. The summed E-state index contributed by atoms with van der Waals surface area (Å²) in [6, 6.07) is 0. The van der Waals surface area contributed by atoms with Gasteiger partial charge in [-0.25, -0.2) is 4.39 Å². The first kappa shape index (κ1) is 19.0. The zero-order valence-electron chi connectivity index (χ0n) is 15.4. The van der Waals surface area contributed by atoms with Crippen molar-refractivity contribution in [2.75, 3.05) is 6.61 Å². The number of alkyl halides is 2. The summed E-state index contributed by atoms with van der Waals surface area (Å²) >= 11 is 7.08. The molecule has 0 spiro atoms. The minimum Gasteiger partial charge on any atom is -0.388 e. The summed E-state index contributed by atoms with van der Waals surface area (Å²) in [5, 5.41) is 20.5. The van der Waals surface area contributed by atoms with Gasteiger partial charge in [-0.3, -0.25) is 9.59 Å². The molecule has 0 amide bonds. The lowest BCUT2D eigenvalue weighted by Crippen LogP contribution is -2.66. The molecule has 4 aliphatic rings. The Kier molecular flexibility index (Phi) is 3.96. The van der Waals surface area contributed by atoms with Gasteiger partial charge in [0.25, 0.3) is 0 Å². The van der Waals surface area contributed by atoms with E-state index in [1.165, 1.54) is 12.2 Å². The Morgan fingerprint density at radius 3 is 2.74 bits per heavy atom. The van der Waals surface area contributed by atoms with Gasteiger partial charge in [0.15, 0.2) is 11.6 Å². The molecule has 146 valence electrons. The zero-order chi connectivity index (χ0) is 19.8. The van der Waals surface area contributed by atoms with Gasteiger partial charge in [0.1, 0.15) is 18.4 Å². The van der Waals surface area contributed by atoms with Crippen LogP contribution in [-0.4, -0.2) is 45.0 Å². The molecule has 4 nitrogen and oxygen atoms in total. The molecule has 0 radical (unpaired) electrons. The average Bonchev–Trinajstić information content (AvgIpc) is 2.88. The lowest BCUT2D eigenvalue weighted by molar-refractivity contribution is -0.164. The highest BCUT2D eigenvalue weighted by molar-refractivity contribution is 6.26. The van der Waals surface area contributed by atoms with Crippen molar-refractivity contribution in [3.63, 3.8) is 0 Å². The lowest BCUT2D eigenvalue weighted by Gasteiger charge is -2.61. The van der Waals surface area contributed by atoms with E-state index in [9.17, 15) is 19.8 Å². The molecule has 2 N–H and O–H groups in total. The van der Waals surface area contributed by atoms with E-state index in [2.05, 4.69) is 0 Å². The molecule has 0 saturated heterocycles. The van der Waals surface area contributed by atoms with Gasteiger partial charge in [-0.15, -0.1) is 11.6 Å². The quantitative estimate of drug-likeness (QED) is 0.706. The SMILES string of the molecule is C[C@]12C=CC(=O)C=C1C=C[C@H]1[C@@H]3CC[C@](O)(C(=O)CO)[C@@]3(C)C[C@H](F)[C@@]12Cl. The molecular weight excluding hydrogens is 371 g/mol. The Morgan fingerprint density at radius 2 is 2.07 bits per heavy atom. The Labute approximate surface area is 162 Å². The number of carbonyl (C=O) groups excluding carboxylic acids is 2. The molecule has 7 atom stereocenters. The molecule has 2 fully saturated rings. The van der Waals surface area contributed by atoms with E-state index < -0.39 is 45.8 Å². The maximum atomic E-state index is 15.8. The number of carbonyl (C=O) groups is 2. The van der Waals surface area contributed by atoms with Crippen LogP contribution in [0.5, 0.6) is 0 Å². The van der Waals surface area contributed by atoms with Crippen LogP contribution in [0.1, 0.15) is 33.1 Å². The summed E-state index contributed by atoms with van der Waals surface area (Å²) in [6.45, 7) is 2.82. The number of rotatable bonds is 2. The molecule has 0 aromatic carbocycles. The van der Waals surface area contributed by atoms with Gasteiger partial charge in [0.2, 0.25) is 0 Å². The van der Waals surface area contributed by atoms with E-state index >= 15 is 4.39 Å².